The number of halogens is 1. The maximum atomic E-state index is 11.2. The molecule has 1 heterocycles. The molecule has 5 nitrogen and oxygen atoms in total. The number of carbonyl (C=O) groups excluding carboxylic acids is 1. The topological polar surface area (TPSA) is 82.2 Å². The first-order valence-electron chi connectivity index (χ1n) is 3.43. The van der Waals surface area contributed by atoms with Gasteiger partial charge in [0.1, 0.15) is 12.2 Å². The molecule has 6 heteroatoms. The Bertz CT molecular complexity index is 334. The summed E-state index contributed by atoms with van der Waals surface area (Å²) in [5.41, 5.74) is 0.366. The van der Waals surface area contributed by atoms with Gasteiger partial charge in [-0.25, -0.2) is 0 Å². The van der Waals surface area contributed by atoms with E-state index >= 15 is 0 Å². The van der Waals surface area contributed by atoms with Crippen LogP contribution in [0, 0.1) is 3.57 Å². The fraction of sp³-hybridized carbons (Fsp3) is 0.143. The number of aliphatic carboxylic acids is 1. The molecule has 3 N–H and O–H groups in total. The summed E-state index contributed by atoms with van der Waals surface area (Å²) in [6, 6.07) is 1.64. The lowest BCUT2D eigenvalue weighted by Gasteiger charge is -1.98. The van der Waals surface area contributed by atoms with Gasteiger partial charge in [0.15, 0.2) is 0 Å². The predicted molar refractivity (Wildman–Crippen MR) is 53.5 cm³/mol. The van der Waals surface area contributed by atoms with Crippen molar-refractivity contribution in [3.05, 3.63) is 21.5 Å². The number of hydrogen-bond donors (Lipinski definition) is 3. The molecule has 0 saturated heterocycles. The smallest absolute Gasteiger partial charge is 0.322 e. The molecule has 0 radical (unpaired) electrons. The summed E-state index contributed by atoms with van der Waals surface area (Å²) in [5, 5.41) is 10.5. The van der Waals surface area contributed by atoms with Crippen molar-refractivity contribution in [3.63, 3.8) is 0 Å². The van der Waals surface area contributed by atoms with Gasteiger partial charge in [0.25, 0.3) is 5.91 Å². The summed E-state index contributed by atoms with van der Waals surface area (Å²) in [7, 11) is 0. The summed E-state index contributed by atoms with van der Waals surface area (Å²) in [4.78, 5) is 24.0. The summed E-state index contributed by atoms with van der Waals surface area (Å²) in [6.45, 7) is -0.367. The van der Waals surface area contributed by atoms with E-state index in [1.807, 2.05) is 22.6 Å². The minimum atomic E-state index is -1.06. The van der Waals surface area contributed by atoms with Gasteiger partial charge in [-0.1, -0.05) is 0 Å². The Morgan fingerprint density at radius 1 is 1.62 bits per heavy atom. The second-order valence-corrected chi connectivity index (χ2v) is 3.55. The van der Waals surface area contributed by atoms with Crippen LogP contribution >= 0.6 is 22.6 Å². The molecule has 0 atom stereocenters. The zero-order valence-electron chi connectivity index (χ0n) is 6.50. The number of aromatic amines is 1. The van der Waals surface area contributed by atoms with Gasteiger partial charge in [-0.3, -0.25) is 9.59 Å². The summed E-state index contributed by atoms with van der Waals surface area (Å²) in [6.07, 6.45) is 1.66. The van der Waals surface area contributed by atoms with Crippen LogP contribution in [0.5, 0.6) is 0 Å². The highest BCUT2D eigenvalue weighted by atomic mass is 127. The van der Waals surface area contributed by atoms with Crippen molar-refractivity contribution in [2.45, 2.75) is 0 Å². The molecule has 1 aromatic rings. The third kappa shape index (κ3) is 3.05. The standard InChI is InChI=1S/C7H7IN2O3/c8-4-1-5(9-2-4)7(13)10-3-6(11)12/h1-2,9H,3H2,(H,10,13)(H,11,12). The van der Waals surface area contributed by atoms with E-state index < -0.39 is 11.9 Å². The lowest BCUT2D eigenvalue weighted by atomic mass is 10.4. The average Bonchev–Trinajstić information content (AvgIpc) is 2.47. The summed E-state index contributed by atoms with van der Waals surface area (Å²) < 4.78 is 0.901. The SMILES string of the molecule is O=C(O)CNC(=O)c1cc(I)c[nH]1. The molecule has 0 aliphatic carbocycles. The van der Waals surface area contributed by atoms with Gasteiger partial charge >= 0.3 is 5.97 Å². The molecule has 0 aliphatic rings. The number of aromatic nitrogens is 1. The Hall–Kier alpha value is -1.05. The zero-order chi connectivity index (χ0) is 9.84. The first-order valence-corrected chi connectivity index (χ1v) is 4.51. The molecule has 0 aliphatic heterocycles. The van der Waals surface area contributed by atoms with Crippen molar-refractivity contribution in [3.8, 4) is 0 Å². The molecule has 1 aromatic heterocycles. The molecule has 0 aromatic carbocycles. The molecule has 0 spiro atoms. The van der Waals surface area contributed by atoms with Crippen molar-refractivity contribution in [2.24, 2.45) is 0 Å². The highest BCUT2D eigenvalue weighted by Crippen LogP contribution is 2.05. The Morgan fingerprint density at radius 3 is 2.77 bits per heavy atom. The van der Waals surface area contributed by atoms with Gasteiger partial charge < -0.3 is 15.4 Å². The molecule has 70 valence electrons. The third-order valence-electron chi connectivity index (χ3n) is 1.29. The van der Waals surface area contributed by atoms with Crippen molar-refractivity contribution in [1.82, 2.24) is 10.3 Å². The molecule has 1 rings (SSSR count). The van der Waals surface area contributed by atoms with E-state index in [0.29, 0.717) is 5.69 Å². The van der Waals surface area contributed by atoms with E-state index in [-0.39, 0.29) is 6.54 Å². The zero-order valence-corrected chi connectivity index (χ0v) is 8.66. The van der Waals surface area contributed by atoms with Crippen LogP contribution in [0.2, 0.25) is 0 Å². The number of carboxylic acid groups (broad SMARTS) is 1. The van der Waals surface area contributed by atoms with Gasteiger partial charge in [0, 0.05) is 9.77 Å². The van der Waals surface area contributed by atoms with Gasteiger partial charge in [-0.2, -0.15) is 0 Å². The second kappa shape index (κ2) is 4.26. The van der Waals surface area contributed by atoms with Crippen LogP contribution in [0.15, 0.2) is 12.3 Å². The quantitative estimate of drug-likeness (QED) is 0.707. The molecule has 0 bridgehead atoms. The maximum Gasteiger partial charge on any atom is 0.322 e. The molecule has 0 saturated carbocycles. The minimum absolute atomic E-state index is 0.366. The Kier molecular flexibility index (Phi) is 3.29. The Morgan fingerprint density at radius 2 is 2.31 bits per heavy atom. The summed E-state index contributed by atoms with van der Waals surface area (Å²) >= 11 is 2.05. The van der Waals surface area contributed by atoms with Gasteiger partial charge in [0.05, 0.1) is 0 Å². The van der Waals surface area contributed by atoms with Gasteiger partial charge in [-0.15, -0.1) is 0 Å². The fourth-order valence-corrected chi connectivity index (χ4v) is 1.22. The predicted octanol–water partition coefficient (Wildman–Crippen LogP) is 0.434. The average molecular weight is 294 g/mol. The number of H-pyrrole nitrogens is 1. The van der Waals surface area contributed by atoms with Crippen LogP contribution in [0.25, 0.3) is 0 Å². The largest absolute Gasteiger partial charge is 0.480 e. The number of hydrogen-bond acceptors (Lipinski definition) is 2. The van der Waals surface area contributed by atoms with Gasteiger partial charge in [0.2, 0.25) is 0 Å². The van der Waals surface area contributed by atoms with Crippen molar-refractivity contribution < 1.29 is 14.7 Å². The molecule has 13 heavy (non-hydrogen) atoms. The molecule has 0 fully saturated rings. The highest BCUT2D eigenvalue weighted by Gasteiger charge is 2.08. The highest BCUT2D eigenvalue weighted by molar-refractivity contribution is 14.1. The molecule has 0 unspecified atom stereocenters. The molecular weight excluding hydrogens is 287 g/mol. The monoisotopic (exact) mass is 294 g/mol. The van der Waals surface area contributed by atoms with E-state index in [2.05, 4.69) is 10.3 Å². The Balaban J connectivity index is 2.54. The lowest BCUT2D eigenvalue weighted by Crippen LogP contribution is -2.29. The Labute approximate surface area is 87.7 Å². The maximum absolute atomic E-state index is 11.2. The molecular formula is C7H7IN2O3. The van der Waals surface area contributed by atoms with Crippen LogP contribution in [-0.2, 0) is 4.79 Å². The van der Waals surface area contributed by atoms with E-state index in [0.717, 1.165) is 3.57 Å². The number of nitrogens with one attached hydrogen (secondary N) is 2. The van der Waals surface area contributed by atoms with Crippen LogP contribution in [-0.4, -0.2) is 28.5 Å². The molecule has 1 amide bonds. The number of carboxylic acids is 1. The van der Waals surface area contributed by atoms with Gasteiger partial charge in [-0.05, 0) is 28.7 Å². The van der Waals surface area contributed by atoms with E-state index in [1.54, 1.807) is 12.3 Å². The fourth-order valence-electron chi connectivity index (χ4n) is 0.750. The van der Waals surface area contributed by atoms with Crippen molar-refractivity contribution >= 4 is 34.5 Å². The van der Waals surface area contributed by atoms with Crippen LogP contribution in [0.4, 0.5) is 0 Å². The third-order valence-corrected chi connectivity index (χ3v) is 1.92. The van der Waals surface area contributed by atoms with E-state index in [1.165, 1.54) is 0 Å². The van der Waals surface area contributed by atoms with Crippen molar-refractivity contribution in [1.29, 1.82) is 0 Å². The first kappa shape index (κ1) is 10.0. The van der Waals surface area contributed by atoms with Crippen LogP contribution in [0.3, 0.4) is 0 Å². The van der Waals surface area contributed by atoms with Crippen LogP contribution in [0.1, 0.15) is 10.5 Å². The van der Waals surface area contributed by atoms with Crippen molar-refractivity contribution in [2.75, 3.05) is 6.54 Å². The number of amides is 1. The number of carbonyl (C=O) groups is 2. The second-order valence-electron chi connectivity index (χ2n) is 2.31. The van der Waals surface area contributed by atoms with E-state index in [4.69, 9.17) is 5.11 Å². The minimum Gasteiger partial charge on any atom is -0.480 e. The first-order chi connectivity index (χ1) is 6.09. The van der Waals surface area contributed by atoms with E-state index in [9.17, 15) is 9.59 Å². The van der Waals surface area contributed by atoms with Crippen LogP contribution < -0.4 is 5.32 Å². The summed E-state index contributed by atoms with van der Waals surface area (Å²) in [5.74, 6) is -1.47. The number of rotatable bonds is 3. The normalized spacial score (nSPS) is 9.62. The lowest BCUT2D eigenvalue weighted by molar-refractivity contribution is -0.135.